The standard InChI is InChI=1S/C33H21N11O11.2Na/c45-29(17-7-9-19(10-8-17)35-37-25-27(32(48)49)39-41(30(25)46)21-3-1-5-23(15-21)43(52)53)34-18-11-13-20(14-12-18)36-38-26-28(33(50)51)40-42(31(26)47)22-4-2-6-24(16-22)44(54)55;;/h1-16,25-26H,(H,34,45)(H,48,49)(H,50,51);;/q;2*+1/p-2. The number of nitro groups is 2. The summed E-state index contributed by atoms with van der Waals surface area (Å²) in [6, 6.07) is 17.4. The molecule has 6 rings (SSSR count). The molecule has 1 N–H and O–H groups in total. The SMILES string of the molecule is O=C([O-])C1=NN(c2cccc([N+](=O)[O-])c2)C(=O)C1N=Nc1ccc(NC(=O)c2ccc(N=NC3C(=O)N(c4cccc([N+](=O)[O-])c4)N=C3C(=O)[O-])cc2)cc1.[Na+].[Na+]. The third kappa shape index (κ3) is 9.69. The number of aliphatic carboxylic acids is 2. The molecule has 0 bridgehead atoms. The number of non-ortho nitro benzene ring substituents is 2. The van der Waals surface area contributed by atoms with E-state index in [1.165, 1.54) is 84.9 Å². The Balaban J connectivity index is 0.00000360. The van der Waals surface area contributed by atoms with Gasteiger partial charge in [-0.15, -0.1) is 0 Å². The van der Waals surface area contributed by atoms with Gasteiger partial charge in [0.15, 0.2) is 12.1 Å². The van der Waals surface area contributed by atoms with Crippen LogP contribution >= 0.6 is 0 Å². The molecule has 0 saturated carbocycles. The van der Waals surface area contributed by atoms with Crippen LogP contribution in [0.3, 0.4) is 0 Å². The van der Waals surface area contributed by atoms with Crippen molar-refractivity contribution in [2.24, 2.45) is 30.7 Å². The van der Waals surface area contributed by atoms with E-state index in [2.05, 4.69) is 36.0 Å². The number of rotatable bonds is 12. The van der Waals surface area contributed by atoms with E-state index in [4.69, 9.17) is 0 Å². The Bertz CT molecular complexity index is 2420. The fourth-order valence-electron chi connectivity index (χ4n) is 4.99. The van der Waals surface area contributed by atoms with Crippen LogP contribution in [0.2, 0.25) is 0 Å². The van der Waals surface area contributed by atoms with Gasteiger partial charge in [-0.1, -0.05) is 12.1 Å². The Morgan fingerprint density at radius 2 is 1.04 bits per heavy atom. The van der Waals surface area contributed by atoms with Gasteiger partial charge in [0.05, 0.1) is 44.5 Å². The third-order valence-corrected chi connectivity index (χ3v) is 7.64. The maximum Gasteiger partial charge on any atom is 1.00 e. The predicted octanol–water partition coefficient (Wildman–Crippen LogP) is -4.03. The zero-order chi connectivity index (χ0) is 39.4. The zero-order valence-electron chi connectivity index (χ0n) is 29.4. The molecule has 2 heterocycles. The van der Waals surface area contributed by atoms with E-state index in [9.17, 15) is 54.4 Å². The van der Waals surface area contributed by atoms with Gasteiger partial charge in [-0.3, -0.25) is 34.6 Å². The second kappa shape index (κ2) is 18.5. The summed E-state index contributed by atoms with van der Waals surface area (Å²) in [5.74, 6) is -6.04. The minimum atomic E-state index is -1.80. The molecule has 0 fully saturated rings. The van der Waals surface area contributed by atoms with Crippen molar-refractivity contribution in [3.05, 3.63) is 123 Å². The van der Waals surface area contributed by atoms with Crippen molar-refractivity contribution in [3.8, 4) is 0 Å². The van der Waals surface area contributed by atoms with Crippen LogP contribution in [0.4, 0.5) is 39.8 Å². The molecule has 0 aromatic heterocycles. The number of carboxylic acid groups (broad SMARTS) is 2. The number of nitrogens with zero attached hydrogens (tertiary/aromatic N) is 10. The van der Waals surface area contributed by atoms with Crippen molar-refractivity contribution >= 4 is 80.9 Å². The summed E-state index contributed by atoms with van der Waals surface area (Å²) in [5.41, 5.74) is -1.61. The maximum atomic E-state index is 13.0. The zero-order valence-corrected chi connectivity index (χ0v) is 33.4. The van der Waals surface area contributed by atoms with Crippen molar-refractivity contribution in [1.29, 1.82) is 0 Å². The normalized spacial score (nSPS) is 16.1. The second-order valence-electron chi connectivity index (χ2n) is 11.2. The van der Waals surface area contributed by atoms with Crippen molar-refractivity contribution in [1.82, 2.24) is 0 Å². The molecule has 4 aromatic rings. The van der Waals surface area contributed by atoms with Crippen LogP contribution in [-0.4, -0.2) is 63.0 Å². The van der Waals surface area contributed by atoms with E-state index in [1.807, 2.05) is 0 Å². The van der Waals surface area contributed by atoms with E-state index < -0.39 is 63.0 Å². The number of benzene rings is 4. The van der Waals surface area contributed by atoms with Crippen molar-refractivity contribution in [2.45, 2.75) is 12.1 Å². The molecule has 274 valence electrons. The maximum absolute atomic E-state index is 13.0. The average Bonchev–Trinajstić information content (AvgIpc) is 3.69. The van der Waals surface area contributed by atoms with Gasteiger partial charge in [-0.2, -0.15) is 40.7 Å². The summed E-state index contributed by atoms with van der Waals surface area (Å²) in [6.07, 6.45) is 0. The Morgan fingerprint density at radius 1 is 0.632 bits per heavy atom. The number of carboxylic acids is 2. The number of anilines is 3. The molecular weight excluding hydrogens is 772 g/mol. The molecule has 2 atom stereocenters. The second-order valence-corrected chi connectivity index (χ2v) is 11.2. The Labute approximate surface area is 362 Å². The van der Waals surface area contributed by atoms with Gasteiger partial charge in [-0.05, 0) is 60.7 Å². The molecular formula is C33H19N11Na2O11. The van der Waals surface area contributed by atoms with Crippen molar-refractivity contribution in [3.63, 3.8) is 0 Å². The first-order valence-electron chi connectivity index (χ1n) is 15.4. The van der Waals surface area contributed by atoms with Gasteiger partial charge in [0.2, 0.25) is 0 Å². The quantitative estimate of drug-likeness (QED) is 0.0623. The molecule has 24 heteroatoms. The number of amides is 3. The van der Waals surface area contributed by atoms with Crippen molar-refractivity contribution < 1.29 is 103 Å². The molecule has 0 saturated heterocycles. The van der Waals surface area contributed by atoms with Crippen LogP contribution in [0, 0.1) is 20.2 Å². The smallest absolute Gasteiger partial charge is 0.543 e. The molecule has 0 spiro atoms. The number of nitro benzene ring substituents is 2. The summed E-state index contributed by atoms with van der Waals surface area (Å²) < 4.78 is 0. The van der Waals surface area contributed by atoms with Crippen LogP contribution in [0.5, 0.6) is 0 Å². The predicted molar refractivity (Wildman–Crippen MR) is 183 cm³/mol. The molecule has 2 unspecified atom stereocenters. The van der Waals surface area contributed by atoms with Gasteiger partial charge in [0.25, 0.3) is 29.1 Å². The Morgan fingerprint density at radius 3 is 1.42 bits per heavy atom. The monoisotopic (exact) mass is 791 g/mol. The number of nitrogens with one attached hydrogen (secondary N) is 1. The molecule has 57 heavy (non-hydrogen) atoms. The van der Waals surface area contributed by atoms with Gasteiger partial charge < -0.3 is 25.1 Å². The first kappa shape index (κ1) is 43.3. The minimum absolute atomic E-state index is 0. The van der Waals surface area contributed by atoms with E-state index >= 15 is 0 Å². The van der Waals surface area contributed by atoms with Crippen LogP contribution in [0.15, 0.2) is 128 Å². The molecule has 2 aliphatic rings. The van der Waals surface area contributed by atoms with Crippen LogP contribution in [0.25, 0.3) is 0 Å². The summed E-state index contributed by atoms with van der Waals surface area (Å²) in [5, 5.41) is 72.4. The number of carbonyl (C=O) groups excluding carboxylic acids is 5. The number of azo groups is 2. The van der Waals surface area contributed by atoms with Gasteiger partial charge in [0, 0.05) is 35.5 Å². The molecule has 2 aliphatic heterocycles. The third-order valence-electron chi connectivity index (χ3n) is 7.64. The first-order chi connectivity index (χ1) is 26.3. The Hall–Kier alpha value is -6.43. The largest absolute Gasteiger partial charge is 1.00 e. The van der Waals surface area contributed by atoms with Gasteiger partial charge in [0.1, 0.15) is 11.4 Å². The summed E-state index contributed by atoms with van der Waals surface area (Å²) >= 11 is 0. The molecule has 4 aromatic carbocycles. The van der Waals surface area contributed by atoms with E-state index in [0.717, 1.165) is 12.1 Å². The van der Waals surface area contributed by atoms with Crippen LogP contribution < -0.4 is 84.7 Å². The average molecular weight is 792 g/mol. The molecule has 0 radical (unpaired) electrons. The summed E-state index contributed by atoms with van der Waals surface area (Å²) in [6.45, 7) is 0. The fraction of sp³-hybridized carbons (Fsp3) is 0.0606. The topological polar surface area (TPSA) is 310 Å². The first-order valence-corrected chi connectivity index (χ1v) is 15.4. The fourth-order valence-corrected chi connectivity index (χ4v) is 4.99. The number of hydrogen-bond donors (Lipinski definition) is 1. The van der Waals surface area contributed by atoms with Gasteiger partial charge >= 0.3 is 59.1 Å². The molecule has 22 nitrogen and oxygen atoms in total. The Kier molecular flexibility index (Phi) is 14.0. The minimum Gasteiger partial charge on any atom is -0.543 e. The number of hydrogen-bond acceptors (Lipinski definition) is 17. The summed E-state index contributed by atoms with van der Waals surface area (Å²) in [4.78, 5) is 83.0. The van der Waals surface area contributed by atoms with Crippen molar-refractivity contribution in [2.75, 3.05) is 15.3 Å². The molecule has 0 aliphatic carbocycles. The van der Waals surface area contributed by atoms with Gasteiger partial charge in [-0.25, -0.2) is 0 Å². The van der Waals surface area contributed by atoms with E-state index in [0.29, 0.717) is 15.7 Å². The van der Waals surface area contributed by atoms with Crippen LogP contribution in [0.1, 0.15) is 10.4 Å². The molecule has 3 amide bonds. The summed E-state index contributed by atoms with van der Waals surface area (Å²) in [7, 11) is 0. The van der Waals surface area contributed by atoms with E-state index in [1.54, 1.807) is 0 Å². The van der Waals surface area contributed by atoms with Crippen LogP contribution in [-0.2, 0) is 19.2 Å². The number of hydrazone groups is 2. The number of carbonyl (C=O) groups is 5. The van der Waals surface area contributed by atoms with E-state index in [-0.39, 0.29) is 98.8 Å².